The van der Waals surface area contributed by atoms with Gasteiger partial charge in [0.2, 0.25) is 0 Å². The van der Waals surface area contributed by atoms with Gasteiger partial charge >= 0.3 is 12.1 Å². The molecule has 0 bridgehead atoms. The second-order valence-corrected chi connectivity index (χ2v) is 7.40. The first-order valence-corrected chi connectivity index (χ1v) is 9.34. The highest BCUT2D eigenvalue weighted by Gasteiger charge is 2.42. The SMILES string of the molecule is O=C(Oc1c(Br)cc(C(=S)N2CCOc3ccncc32)cc1Br)C(F)(F)F. The first kappa shape index (κ1) is 20.0. The zero-order valence-electron chi connectivity index (χ0n) is 13.2. The Morgan fingerprint density at radius 3 is 2.59 bits per heavy atom. The number of fused-ring (bicyclic) bond motifs is 1. The highest BCUT2D eigenvalue weighted by Crippen LogP contribution is 2.38. The molecular weight excluding hydrogens is 517 g/mol. The predicted molar refractivity (Wildman–Crippen MR) is 102 cm³/mol. The van der Waals surface area contributed by atoms with Gasteiger partial charge in [0, 0.05) is 17.8 Å². The maximum Gasteiger partial charge on any atom is 0.491 e. The van der Waals surface area contributed by atoms with Crippen LogP contribution in [0, 0.1) is 0 Å². The summed E-state index contributed by atoms with van der Waals surface area (Å²) in [7, 11) is 0. The molecule has 1 aromatic carbocycles. The van der Waals surface area contributed by atoms with Gasteiger partial charge in [0.05, 0.1) is 21.7 Å². The molecule has 1 aliphatic rings. The fourth-order valence-electron chi connectivity index (χ4n) is 2.36. The minimum Gasteiger partial charge on any atom is -0.489 e. The Kier molecular flexibility index (Phi) is 5.73. The number of benzene rings is 1. The largest absolute Gasteiger partial charge is 0.491 e. The van der Waals surface area contributed by atoms with Gasteiger partial charge < -0.3 is 14.4 Å². The van der Waals surface area contributed by atoms with Crippen LogP contribution < -0.4 is 14.4 Å². The van der Waals surface area contributed by atoms with Crippen LogP contribution in [0.5, 0.6) is 11.5 Å². The lowest BCUT2D eigenvalue weighted by atomic mass is 10.1. The summed E-state index contributed by atoms with van der Waals surface area (Å²) < 4.78 is 47.6. The van der Waals surface area contributed by atoms with Gasteiger partial charge in [-0.3, -0.25) is 4.98 Å². The predicted octanol–water partition coefficient (Wildman–Crippen LogP) is 4.65. The molecule has 0 atom stereocenters. The van der Waals surface area contributed by atoms with Crippen LogP contribution in [0.4, 0.5) is 18.9 Å². The van der Waals surface area contributed by atoms with Crippen molar-refractivity contribution >= 4 is 60.7 Å². The third-order valence-electron chi connectivity index (χ3n) is 3.54. The summed E-state index contributed by atoms with van der Waals surface area (Å²) in [6, 6.07) is 4.69. The van der Waals surface area contributed by atoms with E-state index in [9.17, 15) is 18.0 Å². The van der Waals surface area contributed by atoms with Gasteiger partial charge in [-0.05, 0) is 44.0 Å². The van der Waals surface area contributed by atoms with E-state index < -0.39 is 12.1 Å². The molecule has 1 aromatic heterocycles. The molecule has 0 aliphatic carbocycles. The number of ether oxygens (including phenoxy) is 2. The normalized spacial score (nSPS) is 13.6. The number of carbonyl (C=O) groups is 1. The zero-order chi connectivity index (χ0) is 19.8. The highest BCUT2D eigenvalue weighted by molar-refractivity contribution is 9.11. The average molecular weight is 526 g/mol. The standard InChI is InChI=1S/C16H9Br2F3N2O3S/c17-9-5-8(6-10(18)13(9)26-15(24)16(19,20)21)14(27)23-3-4-25-12-1-2-22-7-11(12)23/h1-2,5-7H,3-4H2. The number of aromatic nitrogens is 1. The summed E-state index contributed by atoms with van der Waals surface area (Å²) in [6.45, 7) is 0.901. The number of alkyl halides is 3. The number of carbonyl (C=O) groups excluding carboxylic acids is 1. The maximum atomic E-state index is 12.4. The third kappa shape index (κ3) is 4.25. The van der Waals surface area contributed by atoms with Crippen LogP contribution in [-0.2, 0) is 4.79 Å². The lowest BCUT2D eigenvalue weighted by molar-refractivity contribution is -0.189. The summed E-state index contributed by atoms with van der Waals surface area (Å²) in [5.41, 5.74) is 1.22. The molecule has 0 saturated carbocycles. The van der Waals surface area contributed by atoms with E-state index in [0.29, 0.717) is 35.1 Å². The molecular formula is C16H9Br2F3N2O3S. The maximum absolute atomic E-state index is 12.4. The molecule has 27 heavy (non-hydrogen) atoms. The minimum atomic E-state index is -5.10. The van der Waals surface area contributed by atoms with Crippen LogP contribution in [0.25, 0.3) is 0 Å². The summed E-state index contributed by atoms with van der Waals surface area (Å²) in [4.78, 5) is 17.4. The van der Waals surface area contributed by atoms with Gasteiger partial charge in [0.25, 0.3) is 0 Å². The van der Waals surface area contributed by atoms with Crippen molar-refractivity contribution in [3.05, 3.63) is 45.1 Å². The van der Waals surface area contributed by atoms with Crippen LogP contribution in [0.3, 0.4) is 0 Å². The van der Waals surface area contributed by atoms with E-state index in [-0.39, 0.29) is 14.7 Å². The fourth-order valence-corrected chi connectivity index (χ4v) is 4.02. The van der Waals surface area contributed by atoms with Gasteiger partial charge in [-0.15, -0.1) is 0 Å². The number of hydrogen-bond acceptors (Lipinski definition) is 5. The summed E-state index contributed by atoms with van der Waals surface area (Å²) in [5.74, 6) is -1.97. The zero-order valence-corrected chi connectivity index (χ0v) is 17.2. The van der Waals surface area contributed by atoms with Crippen LogP contribution in [0.15, 0.2) is 39.5 Å². The summed E-state index contributed by atoms with van der Waals surface area (Å²) >= 11 is 11.8. The van der Waals surface area contributed by atoms with Crippen LogP contribution in [-0.4, -0.2) is 35.3 Å². The van der Waals surface area contributed by atoms with E-state index in [1.54, 1.807) is 18.5 Å². The van der Waals surface area contributed by atoms with Crippen LogP contribution >= 0.6 is 44.1 Å². The van der Waals surface area contributed by atoms with E-state index in [1.165, 1.54) is 12.1 Å². The van der Waals surface area contributed by atoms with Crippen molar-refractivity contribution in [3.8, 4) is 11.5 Å². The van der Waals surface area contributed by atoms with Gasteiger partial charge in [0.1, 0.15) is 23.0 Å². The molecule has 0 amide bonds. The number of rotatable bonds is 2. The van der Waals surface area contributed by atoms with Crippen molar-refractivity contribution in [1.82, 2.24) is 4.98 Å². The molecule has 142 valence electrons. The minimum absolute atomic E-state index is 0.145. The quantitative estimate of drug-likeness (QED) is 0.323. The number of esters is 1. The first-order valence-electron chi connectivity index (χ1n) is 7.35. The van der Waals surface area contributed by atoms with E-state index in [0.717, 1.165) is 0 Å². The Labute approximate surface area is 173 Å². The Hall–Kier alpha value is -1.72. The molecule has 0 unspecified atom stereocenters. The molecule has 2 aromatic rings. The number of hydrogen-bond donors (Lipinski definition) is 0. The van der Waals surface area contributed by atoms with Gasteiger partial charge in [-0.2, -0.15) is 13.2 Å². The molecule has 0 radical (unpaired) electrons. The first-order chi connectivity index (χ1) is 12.7. The molecule has 0 spiro atoms. The smallest absolute Gasteiger partial charge is 0.489 e. The number of thiocarbonyl (C=S) groups is 1. The molecule has 3 rings (SSSR count). The van der Waals surface area contributed by atoms with E-state index in [2.05, 4.69) is 41.6 Å². The molecule has 0 saturated heterocycles. The van der Waals surface area contributed by atoms with Gasteiger partial charge in [-0.25, -0.2) is 4.79 Å². The lowest BCUT2D eigenvalue weighted by Gasteiger charge is -2.31. The lowest BCUT2D eigenvalue weighted by Crippen LogP contribution is -2.37. The van der Waals surface area contributed by atoms with Gasteiger partial charge in [0.15, 0.2) is 5.75 Å². The van der Waals surface area contributed by atoms with E-state index in [1.807, 2.05) is 4.90 Å². The fraction of sp³-hybridized carbons (Fsp3) is 0.188. The molecule has 11 heteroatoms. The number of anilines is 1. The average Bonchev–Trinajstić information content (AvgIpc) is 2.62. The topological polar surface area (TPSA) is 51.7 Å². The van der Waals surface area contributed by atoms with E-state index in [4.69, 9.17) is 17.0 Å². The van der Waals surface area contributed by atoms with Crippen LogP contribution in [0.2, 0.25) is 0 Å². The van der Waals surface area contributed by atoms with Crippen molar-refractivity contribution in [2.45, 2.75) is 6.18 Å². The molecule has 1 aliphatic heterocycles. The Morgan fingerprint density at radius 2 is 1.96 bits per heavy atom. The van der Waals surface area contributed by atoms with E-state index >= 15 is 0 Å². The molecule has 0 N–H and O–H groups in total. The Balaban J connectivity index is 1.91. The van der Waals surface area contributed by atoms with Crippen molar-refractivity contribution in [2.75, 3.05) is 18.1 Å². The second kappa shape index (κ2) is 7.72. The Morgan fingerprint density at radius 1 is 1.30 bits per heavy atom. The molecule has 0 fully saturated rings. The number of nitrogens with zero attached hydrogens (tertiary/aromatic N) is 2. The molecule has 5 nitrogen and oxygen atoms in total. The number of halogens is 5. The molecule has 2 heterocycles. The third-order valence-corrected chi connectivity index (χ3v) is 5.18. The Bertz CT molecular complexity index is 901. The highest BCUT2D eigenvalue weighted by atomic mass is 79.9. The second-order valence-electron chi connectivity index (χ2n) is 5.30. The summed E-state index contributed by atoms with van der Waals surface area (Å²) in [5, 5.41) is 0. The van der Waals surface area contributed by atoms with Crippen molar-refractivity contribution in [3.63, 3.8) is 0 Å². The summed E-state index contributed by atoms with van der Waals surface area (Å²) in [6.07, 6.45) is -1.88. The van der Waals surface area contributed by atoms with Crippen molar-refractivity contribution < 1.29 is 27.4 Å². The van der Waals surface area contributed by atoms with Crippen molar-refractivity contribution in [1.29, 1.82) is 0 Å². The van der Waals surface area contributed by atoms with Crippen LogP contribution in [0.1, 0.15) is 5.56 Å². The van der Waals surface area contributed by atoms with Crippen molar-refractivity contribution in [2.24, 2.45) is 0 Å². The van der Waals surface area contributed by atoms with Gasteiger partial charge in [-0.1, -0.05) is 12.2 Å². The monoisotopic (exact) mass is 524 g/mol. The number of pyridine rings is 1.